The molecule has 0 saturated carbocycles. The fourth-order valence-electron chi connectivity index (χ4n) is 5.85. The molecule has 1 aromatic rings. The van der Waals surface area contributed by atoms with Crippen LogP contribution in [0.15, 0.2) is 47.2 Å². The molecule has 0 unspecified atom stereocenters. The first kappa shape index (κ1) is 29.4. The van der Waals surface area contributed by atoms with Gasteiger partial charge in [0.15, 0.2) is 0 Å². The van der Waals surface area contributed by atoms with E-state index in [4.69, 9.17) is 10.1 Å². The Labute approximate surface area is 226 Å². The molecule has 0 radical (unpaired) electrons. The lowest BCUT2D eigenvalue weighted by molar-refractivity contribution is -0.0712. The van der Waals surface area contributed by atoms with Gasteiger partial charge in [-0.05, 0) is 111 Å². The molecule has 1 aromatic carbocycles. The number of nitrogens with one attached hydrogen (secondary N) is 2. The fourth-order valence-corrected chi connectivity index (χ4v) is 5.85. The number of allylic oxidation sites excluding steroid dienone is 6. The first-order valence-electron chi connectivity index (χ1n) is 14.7. The number of hydrogen-bond acceptors (Lipinski definition) is 4. The van der Waals surface area contributed by atoms with Crippen LogP contribution in [-0.2, 0) is 4.74 Å². The van der Waals surface area contributed by atoms with E-state index in [1.807, 2.05) is 0 Å². The van der Waals surface area contributed by atoms with Gasteiger partial charge in [-0.2, -0.15) is 0 Å². The van der Waals surface area contributed by atoms with Crippen LogP contribution in [0, 0.1) is 18.3 Å². The van der Waals surface area contributed by atoms with Gasteiger partial charge >= 0.3 is 0 Å². The van der Waals surface area contributed by atoms with E-state index < -0.39 is 0 Å². The van der Waals surface area contributed by atoms with Gasteiger partial charge in [0.2, 0.25) is 0 Å². The van der Waals surface area contributed by atoms with Gasteiger partial charge in [-0.15, -0.1) is 0 Å². The number of likely N-dealkylation sites (tertiary alicyclic amines) is 1. The molecule has 2 saturated heterocycles. The van der Waals surface area contributed by atoms with Crippen LogP contribution in [0.25, 0.3) is 5.57 Å². The molecule has 37 heavy (non-hydrogen) atoms. The molecule has 4 nitrogen and oxygen atoms in total. The third-order valence-corrected chi connectivity index (χ3v) is 8.10. The third-order valence-electron chi connectivity index (χ3n) is 8.10. The maximum atomic E-state index is 8.51. The van der Waals surface area contributed by atoms with E-state index in [1.54, 1.807) is 0 Å². The lowest BCUT2D eigenvalue weighted by Gasteiger charge is -2.41. The summed E-state index contributed by atoms with van der Waals surface area (Å²) in [5, 5.41) is 12.0. The Morgan fingerprint density at radius 2 is 1.86 bits per heavy atom. The Balaban J connectivity index is 2.02. The monoisotopic (exact) mass is 505 g/mol. The van der Waals surface area contributed by atoms with Crippen molar-refractivity contribution in [3.63, 3.8) is 0 Å². The predicted molar refractivity (Wildman–Crippen MR) is 160 cm³/mol. The molecular formula is C33H51N3O. The topological polar surface area (TPSA) is 48.4 Å². The largest absolute Gasteiger partial charge is 0.384 e. The van der Waals surface area contributed by atoms with Crippen LogP contribution in [0.2, 0.25) is 0 Å². The van der Waals surface area contributed by atoms with Crippen molar-refractivity contribution in [1.29, 1.82) is 5.41 Å². The summed E-state index contributed by atoms with van der Waals surface area (Å²) >= 11 is 0. The predicted octanol–water partition coefficient (Wildman–Crippen LogP) is 7.65. The molecule has 0 bridgehead atoms. The first-order valence-corrected chi connectivity index (χ1v) is 14.7. The molecule has 2 aliphatic heterocycles. The summed E-state index contributed by atoms with van der Waals surface area (Å²) in [6.07, 6.45) is 9.79. The molecule has 0 aliphatic carbocycles. The van der Waals surface area contributed by atoms with Crippen molar-refractivity contribution in [1.82, 2.24) is 10.2 Å². The minimum Gasteiger partial charge on any atom is -0.384 e. The van der Waals surface area contributed by atoms with Crippen molar-refractivity contribution in [2.24, 2.45) is 5.92 Å². The molecule has 2 fully saturated rings. The summed E-state index contributed by atoms with van der Waals surface area (Å²) in [4.78, 5) is 2.63. The summed E-state index contributed by atoms with van der Waals surface area (Å²) in [7, 11) is 0. The quantitative estimate of drug-likeness (QED) is 0.226. The van der Waals surface area contributed by atoms with Crippen LogP contribution >= 0.6 is 0 Å². The van der Waals surface area contributed by atoms with E-state index in [0.717, 1.165) is 44.7 Å². The lowest BCUT2D eigenvalue weighted by atomic mass is 9.80. The lowest BCUT2D eigenvalue weighted by Crippen LogP contribution is -2.51. The minimum absolute atomic E-state index is 0.410. The first-order chi connectivity index (χ1) is 17.8. The SMILES string of the molecule is C/C=C(\C=C(\NCC)C(=N)CC)C(/CCC)=C(/c1cc(C2CCN(C3COC3)CC2)ccc1C)C(C)C. The summed E-state index contributed by atoms with van der Waals surface area (Å²) in [6.45, 7) is 20.5. The van der Waals surface area contributed by atoms with E-state index in [1.165, 1.54) is 59.3 Å². The zero-order chi connectivity index (χ0) is 26.9. The van der Waals surface area contributed by atoms with Crippen LogP contribution < -0.4 is 5.32 Å². The van der Waals surface area contributed by atoms with Crippen molar-refractivity contribution in [2.75, 3.05) is 32.8 Å². The van der Waals surface area contributed by atoms with Gasteiger partial charge < -0.3 is 15.5 Å². The van der Waals surface area contributed by atoms with E-state index >= 15 is 0 Å². The number of benzene rings is 1. The molecule has 0 amide bonds. The molecule has 0 aromatic heterocycles. The van der Waals surface area contributed by atoms with E-state index in [0.29, 0.717) is 23.6 Å². The molecule has 2 heterocycles. The van der Waals surface area contributed by atoms with Gasteiger partial charge in [0.1, 0.15) is 0 Å². The Morgan fingerprint density at radius 3 is 2.38 bits per heavy atom. The number of piperidine rings is 1. The van der Waals surface area contributed by atoms with Gasteiger partial charge in [-0.1, -0.05) is 58.4 Å². The van der Waals surface area contributed by atoms with Gasteiger partial charge in [0, 0.05) is 6.54 Å². The molecule has 3 rings (SSSR count). The van der Waals surface area contributed by atoms with E-state index in [2.05, 4.69) is 89.0 Å². The Kier molecular flexibility index (Phi) is 11.2. The van der Waals surface area contributed by atoms with Gasteiger partial charge in [-0.25, -0.2) is 0 Å². The third kappa shape index (κ3) is 7.23. The number of aryl methyl sites for hydroxylation is 1. The number of nitrogens with zero attached hydrogens (tertiary/aromatic N) is 1. The maximum Gasteiger partial charge on any atom is 0.0645 e. The fraction of sp³-hybridized carbons (Fsp3) is 0.606. The van der Waals surface area contributed by atoms with Gasteiger partial charge in [0.25, 0.3) is 0 Å². The standard InChI is InChI=1S/C33H51N3O/c1-8-12-29(25(9-2)20-32(35-11-4)31(34)10-3)33(23(5)6)30-19-27(14-13-24(30)7)26-15-17-36(18-16-26)28-21-37-22-28/h9,13-14,19-20,23,26,28,34-35H,8,10-12,15-18,21-22H2,1-7H3/b25-9+,32-20+,33-29+,34-31?. The second-order valence-corrected chi connectivity index (χ2v) is 11.0. The highest BCUT2D eigenvalue weighted by molar-refractivity contribution is 5.97. The minimum atomic E-state index is 0.410. The molecule has 2 aliphatic rings. The molecule has 0 atom stereocenters. The Morgan fingerprint density at radius 1 is 1.16 bits per heavy atom. The molecule has 204 valence electrons. The van der Waals surface area contributed by atoms with Crippen molar-refractivity contribution in [3.05, 3.63) is 63.9 Å². The zero-order valence-electron chi connectivity index (χ0n) is 24.5. The van der Waals surface area contributed by atoms with Gasteiger partial charge in [-0.3, -0.25) is 4.90 Å². The summed E-state index contributed by atoms with van der Waals surface area (Å²) in [5.41, 5.74) is 10.0. The van der Waals surface area contributed by atoms with Crippen molar-refractivity contribution in [2.45, 2.75) is 92.5 Å². The average Bonchev–Trinajstić information content (AvgIpc) is 2.86. The van der Waals surface area contributed by atoms with E-state index in [9.17, 15) is 0 Å². The summed E-state index contributed by atoms with van der Waals surface area (Å²) in [5.74, 6) is 1.04. The molecule has 4 heteroatoms. The normalized spacial score (nSPS) is 19.1. The highest BCUT2D eigenvalue weighted by Crippen LogP contribution is 2.38. The highest BCUT2D eigenvalue weighted by Gasteiger charge is 2.30. The van der Waals surface area contributed by atoms with Crippen LogP contribution in [0.3, 0.4) is 0 Å². The average molecular weight is 506 g/mol. The van der Waals surface area contributed by atoms with Crippen LogP contribution in [0.4, 0.5) is 0 Å². The molecule has 0 spiro atoms. The number of rotatable bonds is 12. The van der Waals surface area contributed by atoms with Crippen LogP contribution in [0.1, 0.15) is 96.3 Å². The second-order valence-electron chi connectivity index (χ2n) is 11.0. The second kappa shape index (κ2) is 14.1. The maximum absolute atomic E-state index is 8.51. The van der Waals surface area contributed by atoms with Gasteiger partial charge in [0.05, 0.1) is 30.7 Å². The zero-order valence-corrected chi connectivity index (χ0v) is 24.5. The van der Waals surface area contributed by atoms with Crippen molar-refractivity contribution >= 4 is 11.3 Å². The smallest absolute Gasteiger partial charge is 0.0645 e. The highest BCUT2D eigenvalue weighted by atomic mass is 16.5. The van der Waals surface area contributed by atoms with Crippen molar-refractivity contribution < 1.29 is 4.74 Å². The van der Waals surface area contributed by atoms with Crippen LogP contribution in [-0.4, -0.2) is 49.5 Å². The number of hydrogen-bond donors (Lipinski definition) is 2. The molecule has 2 N–H and O–H groups in total. The van der Waals surface area contributed by atoms with Crippen LogP contribution in [0.5, 0.6) is 0 Å². The number of ether oxygens (including phenoxy) is 1. The van der Waals surface area contributed by atoms with E-state index in [-0.39, 0.29) is 0 Å². The Hall–Kier alpha value is -2.17. The molecular weight excluding hydrogens is 454 g/mol. The van der Waals surface area contributed by atoms with Crippen molar-refractivity contribution in [3.8, 4) is 0 Å². The summed E-state index contributed by atoms with van der Waals surface area (Å²) in [6, 6.07) is 7.90. The summed E-state index contributed by atoms with van der Waals surface area (Å²) < 4.78 is 5.43. The Bertz CT molecular complexity index is 1000.